The molecular formula is C12H13ClN2. The van der Waals surface area contributed by atoms with Gasteiger partial charge in [-0.1, -0.05) is 24.4 Å². The molecule has 2 aromatic rings. The Bertz CT molecular complexity index is 483. The maximum Gasteiger partial charge on any atom is 0.0679 e. The summed E-state index contributed by atoms with van der Waals surface area (Å²) >= 11 is 5.95. The maximum atomic E-state index is 5.95. The highest BCUT2D eigenvalue weighted by molar-refractivity contribution is 6.30. The Hall–Kier alpha value is -1.02. The van der Waals surface area contributed by atoms with Crippen LogP contribution < -0.4 is 0 Å². The number of fused-ring (bicyclic) bond motifs is 1. The number of nitrogens with zero attached hydrogens (tertiary/aromatic N) is 2. The second-order valence-corrected chi connectivity index (χ2v) is 4.70. The fourth-order valence-corrected chi connectivity index (χ4v) is 2.58. The summed E-state index contributed by atoms with van der Waals surface area (Å²) in [5, 5.41) is 5.37. The minimum absolute atomic E-state index is 0.670. The van der Waals surface area contributed by atoms with Crippen molar-refractivity contribution in [3.05, 3.63) is 35.1 Å². The van der Waals surface area contributed by atoms with Crippen LogP contribution in [-0.2, 0) is 0 Å². The van der Waals surface area contributed by atoms with Gasteiger partial charge in [-0.25, -0.2) is 4.52 Å². The molecule has 15 heavy (non-hydrogen) atoms. The second-order valence-electron chi connectivity index (χ2n) is 4.26. The van der Waals surface area contributed by atoms with Crippen LogP contribution >= 0.6 is 11.6 Å². The molecule has 0 aliphatic heterocycles. The van der Waals surface area contributed by atoms with E-state index in [0.717, 1.165) is 10.5 Å². The Morgan fingerprint density at radius 3 is 2.87 bits per heavy atom. The first kappa shape index (κ1) is 9.22. The average Bonchev–Trinajstić information content (AvgIpc) is 2.84. The third-order valence-electron chi connectivity index (χ3n) is 3.22. The highest BCUT2D eigenvalue weighted by Gasteiger charge is 2.19. The fourth-order valence-electron chi connectivity index (χ4n) is 2.41. The quantitative estimate of drug-likeness (QED) is 0.717. The molecule has 3 rings (SSSR count). The van der Waals surface area contributed by atoms with E-state index in [9.17, 15) is 0 Å². The summed E-state index contributed by atoms with van der Waals surface area (Å²) in [6.07, 6.45) is 7.20. The van der Waals surface area contributed by atoms with E-state index in [1.165, 1.54) is 31.4 Å². The lowest BCUT2D eigenvalue weighted by molar-refractivity contribution is 0.685. The van der Waals surface area contributed by atoms with Crippen molar-refractivity contribution in [3.8, 4) is 0 Å². The number of rotatable bonds is 1. The van der Waals surface area contributed by atoms with Gasteiger partial charge in [-0.2, -0.15) is 5.10 Å². The molecule has 0 aromatic carbocycles. The minimum atomic E-state index is 0.670. The molecular weight excluding hydrogens is 208 g/mol. The van der Waals surface area contributed by atoms with Gasteiger partial charge in [0.25, 0.3) is 0 Å². The Morgan fingerprint density at radius 1 is 1.27 bits per heavy atom. The first-order valence-electron chi connectivity index (χ1n) is 5.48. The lowest BCUT2D eigenvalue weighted by atomic mass is 10.0. The van der Waals surface area contributed by atoms with Gasteiger partial charge in [0.1, 0.15) is 0 Å². The summed E-state index contributed by atoms with van der Waals surface area (Å²) in [7, 11) is 0. The Balaban J connectivity index is 2.05. The molecule has 2 aromatic heterocycles. The molecule has 2 heterocycles. The van der Waals surface area contributed by atoms with Crippen LogP contribution in [0.3, 0.4) is 0 Å². The van der Waals surface area contributed by atoms with E-state index < -0.39 is 0 Å². The van der Waals surface area contributed by atoms with Crippen molar-refractivity contribution in [2.24, 2.45) is 0 Å². The molecule has 1 aliphatic rings. The number of hydrogen-bond donors (Lipinski definition) is 0. The molecule has 2 nitrogen and oxygen atoms in total. The average molecular weight is 221 g/mol. The molecule has 0 saturated heterocycles. The normalized spacial score (nSPS) is 17.7. The van der Waals surface area contributed by atoms with E-state index in [4.69, 9.17) is 11.6 Å². The highest BCUT2D eigenvalue weighted by atomic mass is 35.5. The van der Waals surface area contributed by atoms with Gasteiger partial charge in [-0.05, 0) is 31.0 Å². The van der Waals surface area contributed by atoms with Crippen LogP contribution in [0.2, 0.25) is 5.02 Å². The smallest absolute Gasteiger partial charge is 0.0679 e. The van der Waals surface area contributed by atoms with Crippen molar-refractivity contribution in [2.45, 2.75) is 31.6 Å². The van der Waals surface area contributed by atoms with Gasteiger partial charge in [0.2, 0.25) is 0 Å². The zero-order valence-electron chi connectivity index (χ0n) is 8.49. The molecule has 0 N–H and O–H groups in total. The van der Waals surface area contributed by atoms with E-state index in [0.29, 0.717) is 5.92 Å². The van der Waals surface area contributed by atoms with Crippen molar-refractivity contribution < 1.29 is 0 Å². The molecule has 0 amide bonds. The van der Waals surface area contributed by atoms with Crippen LogP contribution in [0.1, 0.15) is 37.3 Å². The van der Waals surface area contributed by atoms with Crippen LogP contribution in [0.5, 0.6) is 0 Å². The molecule has 1 fully saturated rings. The molecule has 1 saturated carbocycles. The van der Waals surface area contributed by atoms with Gasteiger partial charge in [0.05, 0.1) is 11.2 Å². The molecule has 0 bridgehead atoms. The van der Waals surface area contributed by atoms with Gasteiger partial charge >= 0.3 is 0 Å². The summed E-state index contributed by atoms with van der Waals surface area (Å²) in [4.78, 5) is 0. The zero-order valence-corrected chi connectivity index (χ0v) is 9.24. The first-order valence-corrected chi connectivity index (χ1v) is 5.85. The third-order valence-corrected chi connectivity index (χ3v) is 3.45. The van der Waals surface area contributed by atoms with Crippen LogP contribution in [-0.4, -0.2) is 9.61 Å². The summed E-state index contributed by atoms with van der Waals surface area (Å²) < 4.78 is 1.92. The van der Waals surface area contributed by atoms with Crippen molar-refractivity contribution in [3.63, 3.8) is 0 Å². The van der Waals surface area contributed by atoms with Crippen molar-refractivity contribution in [1.82, 2.24) is 9.61 Å². The topological polar surface area (TPSA) is 17.3 Å². The van der Waals surface area contributed by atoms with E-state index in [1.807, 2.05) is 22.8 Å². The number of halogens is 1. The summed E-state index contributed by atoms with van der Waals surface area (Å²) in [5.74, 6) is 0.670. The standard InChI is InChI=1S/C12H13ClN2/c13-10-5-6-15-11(7-10)8-12(14-15)9-3-1-2-4-9/h5-9H,1-4H2. The second kappa shape index (κ2) is 3.53. The van der Waals surface area contributed by atoms with Gasteiger partial charge in [-0.3, -0.25) is 0 Å². The Labute approximate surface area is 93.9 Å². The van der Waals surface area contributed by atoms with Crippen LogP contribution in [0.25, 0.3) is 5.52 Å². The van der Waals surface area contributed by atoms with E-state index >= 15 is 0 Å². The molecule has 0 radical (unpaired) electrons. The predicted molar refractivity (Wildman–Crippen MR) is 61.4 cm³/mol. The van der Waals surface area contributed by atoms with Crippen LogP contribution in [0.4, 0.5) is 0 Å². The largest absolute Gasteiger partial charge is 0.241 e. The molecule has 0 unspecified atom stereocenters. The Kier molecular flexibility index (Phi) is 2.17. The minimum Gasteiger partial charge on any atom is -0.241 e. The van der Waals surface area contributed by atoms with Gasteiger partial charge in [0, 0.05) is 17.1 Å². The summed E-state index contributed by atoms with van der Waals surface area (Å²) in [6.45, 7) is 0. The van der Waals surface area contributed by atoms with Crippen LogP contribution in [0.15, 0.2) is 24.4 Å². The van der Waals surface area contributed by atoms with Gasteiger partial charge in [0.15, 0.2) is 0 Å². The maximum absolute atomic E-state index is 5.95. The molecule has 1 aliphatic carbocycles. The lowest BCUT2D eigenvalue weighted by Crippen LogP contribution is -1.93. The van der Waals surface area contributed by atoms with Crippen molar-refractivity contribution in [1.29, 1.82) is 0 Å². The number of aromatic nitrogens is 2. The predicted octanol–water partition coefficient (Wildman–Crippen LogP) is 3.65. The van der Waals surface area contributed by atoms with Crippen molar-refractivity contribution in [2.75, 3.05) is 0 Å². The summed E-state index contributed by atoms with van der Waals surface area (Å²) in [5.41, 5.74) is 2.33. The monoisotopic (exact) mass is 220 g/mol. The van der Waals surface area contributed by atoms with E-state index in [2.05, 4.69) is 11.2 Å². The molecule has 78 valence electrons. The summed E-state index contributed by atoms with van der Waals surface area (Å²) in [6, 6.07) is 6.01. The third kappa shape index (κ3) is 1.63. The number of pyridine rings is 1. The first-order chi connectivity index (χ1) is 7.33. The van der Waals surface area contributed by atoms with E-state index in [-0.39, 0.29) is 0 Å². The van der Waals surface area contributed by atoms with Gasteiger partial charge in [-0.15, -0.1) is 0 Å². The lowest BCUT2D eigenvalue weighted by Gasteiger charge is -2.02. The highest BCUT2D eigenvalue weighted by Crippen LogP contribution is 2.33. The van der Waals surface area contributed by atoms with E-state index in [1.54, 1.807) is 0 Å². The molecule has 0 atom stereocenters. The van der Waals surface area contributed by atoms with Crippen molar-refractivity contribution >= 4 is 17.1 Å². The number of hydrogen-bond acceptors (Lipinski definition) is 1. The molecule has 3 heteroatoms. The fraction of sp³-hybridized carbons (Fsp3) is 0.417. The Morgan fingerprint density at radius 2 is 2.07 bits per heavy atom. The SMILES string of the molecule is Clc1ccn2nc(C3CCCC3)cc2c1. The zero-order chi connectivity index (χ0) is 10.3. The van der Waals surface area contributed by atoms with Crippen LogP contribution in [0, 0.1) is 0 Å². The van der Waals surface area contributed by atoms with Gasteiger partial charge < -0.3 is 0 Å². The molecule has 0 spiro atoms.